The van der Waals surface area contributed by atoms with E-state index in [0.29, 0.717) is 11.5 Å². The number of carbonyl (C=O) groups excluding carboxylic acids is 2. The average molecular weight is 370 g/mol. The van der Waals surface area contributed by atoms with E-state index < -0.39 is 49.3 Å². The van der Waals surface area contributed by atoms with E-state index in [1.165, 1.54) is 14.0 Å². The van der Waals surface area contributed by atoms with Gasteiger partial charge in [-0.1, -0.05) is 0 Å². The molecule has 1 saturated heterocycles. The molecule has 1 heterocycles. The van der Waals surface area contributed by atoms with E-state index in [1.54, 1.807) is 24.3 Å². The predicted octanol–water partition coefficient (Wildman–Crippen LogP) is 0.0155. The van der Waals surface area contributed by atoms with Crippen molar-refractivity contribution in [2.45, 2.75) is 44.6 Å². The highest BCUT2D eigenvalue weighted by Gasteiger charge is 2.50. The van der Waals surface area contributed by atoms with Crippen molar-refractivity contribution in [1.82, 2.24) is 0 Å². The van der Waals surface area contributed by atoms with Gasteiger partial charge < -0.3 is 33.9 Å². The zero-order valence-corrected chi connectivity index (χ0v) is 14.7. The van der Waals surface area contributed by atoms with Crippen LogP contribution >= 0.6 is 0 Å². The maximum Gasteiger partial charge on any atom is 0.303 e. The first-order valence-electron chi connectivity index (χ1n) is 7.95. The van der Waals surface area contributed by atoms with Crippen molar-refractivity contribution in [3.05, 3.63) is 24.3 Å². The molecule has 1 aliphatic rings. The topological polar surface area (TPSA) is 121 Å². The molecule has 0 aromatic heterocycles. The Hall–Kier alpha value is -2.36. The van der Waals surface area contributed by atoms with Crippen molar-refractivity contribution in [1.29, 1.82) is 0 Å². The van der Waals surface area contributed by atoms with Gasteiger partial charge in [0.2, 0.25) is 12.4 Å². The third-order valence-electron chi connectivity index (χ3n) is 3.71. The summed E-state index contributed by atoms with van der Waals surface area (Å²) in [5.74, 6) is -0.385. The monoisotopic (exact) mass is 370 g/mol. The molecule has 0 radical (unpaired) electrons. The van der Waals surface area contributed by atoms with Crippen LogP contribution in [0, 0.1) is 0 Å². The number of esters is 2. The summed E-state index contributed by atoms with van der Waals surface area (Å²) in [6.45, 7) is 1.77. The molecule has 0 amide bonds. The van der Waals surface area contributed by atoms with E-state index in [4.69, 9.17) is 23.7 Å². The SMILES string of the molecule is COc1ccc(O[C@H]2O[C@H](CO)[C@@H](O)[C@H](OC(C)=O)[C@H]2OC(C)=O)cc1. The highest BCUT2D eigenvalue weighted by Crippen LogP contribution is 2.29. The van der Waals surface area contributed by atoms with E-state index in [2.05, 4.69) is 0 Å². The Morgan fingerprint density at radius 3 is 2.08 bits per heavy atom. The quantitative estimate of drug-likeness (QED) is 0.667. The number of hydrogen-bond acceptors (Lipinski definition) is 9. The molecule has 1 aliphatic heterocycles. The molecule has 0 aliphatic carbocycles. The molecule has 2 rings (SSSR count). The summed E-state index contributed by atoms with van der Waals surface area (Å²) in [5, 5.41) is 19.7. The lowest BCUT2D eigenvalue weighted by Gasteiger charge is -2.42. The fourth-order valence-corrected chi connectivity index (χ4v) is 2.57. The second kappa shape index (κ2) is 8.84. The number of rotatable bonds is 6. The predicted molar refractivity (Wildman–Crippen MR) is 86.5 cm³/mol. The molecular weight excluding hydrogens is 348 g/mol. The van der Waals surface area contributed by atoms with Crippen LogP contribution in [-0.2, 0) is 23.8 Å². The largest absolute Gasteiger partial charge is 0.497 e. The summed E-state index contributed by atoms with van der Waals surface area (Å²) >= 11 is 0. The molecule has 1 aromatic rings. The summed E-state index contributed by atoms with van der Waals surface area (Å²) in [6.07, 6.45) is -6.18. The molecule has 0 bridgehead atoms. The van der Waals surface area contributed by atoms with Gasteiger partial charge in [-0.3, -0.25) is 9.59 Å². The van der Waals surface area contributed by atoms with Crippen molar-refractivity contribution in [3.8, 4) is 11.5 Å². The fourth-order valence-electron chi connectivity index (χ4n) is 2.57. The van der Waals surface area contributed by atoms with Gasteiger partial charge in [-0.15, -0.1) is 0 Å². The summed E-state index contributed by atoms with van der Waals surface area (Å²) < 4.78 is 26.5. The van der Waals surface area contributed by atoms with Crippen LogP contribution in [0.4, 0.5) is 0 Å². The first-order valence-corrected chi connectivity index (χ1v) is 7.95. The van der Waals surface area contributed by atoms with Crippen LogP contribution in [0.2, 0.25) is 0 Å². The Morgan fingerprint density at radius 1 is 1.04 bits per heavy atom. The summed E-state index contributed by atoms with van der Waals surface area (Å²) in [5.41, 5.74) is 0. The summed E-state index contributed by atoms with van der Waals surface area (Å²) in [6, 6.07) is 6.52. The van der Waals surface area contributed by atoms with E-state index in [0.717, 1.165) is 6.92 Å². The van der Waals surface area contributed by atoms with Crippen LogP contribution in [-0.4, -0.2) is 66.6 Å². The van der Waals surface area contributed by atoms with E-state index in [9.17, 15) is 19.8 Å². The van der Waals surface area contributed by atoms with Crippen molar-refractivity contribution < 1.29 is 43.5 Å². The van der Waals surface area contributed by atoms with Crippen LogP contribution in [0.1, 0.15) is 13.8 Å². The number of hydrogen-bond donors (Lipinski definition) is 2. The number of benzene rings is 1. The second-order valence-electron chi connectivity index (χ2n) is 5.66. The van der Waals surface area contributed by atoms with Crippen molar-refractivity contribution in [2.75, 3.05) is 13.7 Å². The van der Waals surface area contributed by atoms with Gasteiger partial charge in [0.25, 0.3) is 0 Å². The fraction of sp³-hybridized carbons (Fsp3) is 0.529. The minimum Gasteiger partial charge on any atom is -0.497 e. The molecule has 1 fully saturated rings. The maximum atomic E-state index is 11.5. The molecular formula is C17H22O9. The Kier molecular flexibility index (Phi) is 6.78. The molecule has 0 unspecified atom stereocenters. The summed E-state index contributed by atoms with van der Waals surface area (Å²) in [4.78, 5) is 22.8. The third kappa shape index (κ3) is 4.84. The molecule has 9 nitrogen and oxygen atoms in total. The summed E-state index contributed by atoms with van der Waals surface area (Å²) in [7, 11) is 1.52. The maximum absolute atomic E-state index is 11.5. The smallest absolute Gasteiger partial charge is 0.303 e. The lowest BCUT2D eigenvalue weighted by molar-refractivity contribution is -0.285. The van der Waals surface area contributed by atoms with Gasteiger partial charge in [0.15, 0.2) is 6.10 Å². The van der Waals surface area contributed by atoms with E-state index in [1.807, 2.05) is 0 Å². The normalized spacial score (nSPS) is 28.1. The first kappa shape index (κ1) is 20.0. The lowest BCUT2D eigenvalue weighted by Crippen LogP contribution is -2.62. The number of methoxy groups -OCH3 is 1. The number of ether oxygens (including phenoxy) is 5. The van der Waals surface area contributed by atoms with E-state index in [-0.39, 0.29) is 0 Å². The van der Waals surface area contributed by atoms with Crippen LogP contribution in [0.25, 0.3) is 0 Å². The molecule has 5 atom stereocenters. The highest BCUT2D eigenvalue weighted by atomic mass is 16.7. The second-order valence-corrected chi connectivity index (χ2v) is 5.66. The Labute approximate surface area is 150 Å². The van der Waals surface area contributed by atoms with Gasteiger partial charge in [0.05, 0.1) is 13.7 Å². The Balaban J connectivity index is 2.27. The minimum absolute atomic E-state index is 0.364. The zero-order chi connectivity index (χ0) is 19.3. The average Bonchev–Trinajstić information content (AvgIpc) is 2.60. The zero-order valence-electron chi connectivity index (χ0n) is 14.7. The molecule has 2 N–H and O–H groups in total. The molecule has 144 valence electrons. The standard InChI is InChI=1S/C17H22O9/c1-9(19)23-15-14(21)13(8-18)26-17(16(15)24-10(2)20)25-12-6-4-11(22-3)5-7-12/h4-7,13-18,21H,8H2,1-3H3/t13-,14-,15+,16-,17+/m1/s1. The van der Waals surface area contributed by atoms with Crippen molar-refractivity contribution >= 4 is 11.9 Å². The first-order chi connectivity index (χ1) is 12.3. The molecule has 0 spiro atoms. The molecule has 1 aromatic carbocycles. The minimum atomic E-state index is -1.40. The van der Waals surface area contributed by atoms with Gasteiger partial charge in [-0.05, 0) is 24.3 Å². The van der Waals surface area contributed by atoms with Crippen molar-refractivity contribution in [3.63, 3.8) is 0 Å². The van der Waals surface area contributed by atoms with Gasteiger partial charge >= 0.3 is 11.9 Å². The third-order valence-corrected chi connectivity index (χ3v) is 3.71. The van der Waals surface area contributed by atoms with Crippen LogP contribution in [0.15, 0.2) is 24.3 Å². The van der Waals surface area contributed by atoms with Crippen LogP contribution in [0.5, 0.6) is 11.5 Å². The molecule has 0 saturated carbocycles. The van der Waals surface area contributed by atoms with Gasteiger partial charge in [-0.25, -0.2) is 0 Å². The molecule has 9 heteroatoms. The van der Waals surface area contributed by atoms with Crippen LogP contribution in [0.3, 0.4) is 0 Å². The number of aliphatic hydroxyl groups excluding tert-OH is 2. The highest BCUT2D eigenvalue weighted by molar-refractivity contribution is 5.67. The van der Waals surface area contributed by atoms with Crippen molar-refractivity contribution in [2.24, 2.45) is 0 Å². The van der Waals surface area contributed by atoms with Gasteiger partial charge in [-0.2, -0.15) is 0 Å². The Morgan fingerprint density at radius 2 is 1.58 bits per heavy atom. The van der Waals surface area contributed by atoms with Gasteiger partial charge in [0, 0.05) is 13.8 Å². The van der Waals surface area contributed by atoms with Crippen LogP contribution < -0.4 is 9.47 Å². The lowest BCUT2D eigenvalue weighted by atomic mass is 9.98. The Bertz CT molecular complexity index is 615. The van der Waals surface area contributed by atoms with E-state index >= 15 is 0 Å². The number of aliphatic hydroxyl groups is 2. The molecule has 26 heavy (non-hydrogen) atoms. The number of carbonyl (C=O) groups is 2. The van der Waals surface area contributed by atoms with Gasteiger partial charge in [0.1, 0.15) is 23.7 Å².